The molecule has 2 aromatic rings. The maximum Gasteiger partial charge on any atom is 0.161 e. The van der Waals surface area contributed by atoms with Crippen molar-refractivity contribution in [2.75, 3.05) is 12.0 Å². The number of halogens is 1. The van der Waals surface area contributed by atoms with Crippen LogP contribution in [-0.2, 0) is 4.79 Å². The fraction of sp³-hybridized carbons (Fsp3) is 0.273. The molecule has 1 unspecified atom stereocenters. The number of rotatable bonds is 3. The van der Waals surface area contributed by atoms with Crippen molar-refractivity contribution in [1.82, 2.24) is 0 Å². The number of carbonyl (C=O) groups is 1. The van der Waals surface area contributed by atoms with Gasteiger partial charge in [-0.3, -0.25) is 9.69 Å². The number of hydrogen-bond acceptors (Lipinski definition) is 6. The number of nitriles is 1. The minimum Gasteiger partial charge on any atom is -0.497 e. The van der Waals surface area contributed by atoms with E-state index in [4.69, 9.17) is 10.5 Å². The fourth-order valence-electron chi connectivity index (χ4n) is 4.02. The van der Waals surface area contributed by atoms with Crippen LogP contribution in [0.25, 0.3) is 0 Å². The highest BCUT2D eigenvalue weighted by Gasteiger charge is 2.41. The molecule has 1 atom stereocenters. The molecule has 0 amide bonds. The largest absolute Gasteiger partial charge is 0.497 e. The first-order valence-corrected chi connectivity index (χ1v) is 10.9. The summed E-state index contributed by atoms with van der Waals surface area (Å²) in [5.74, 6) is 0.808. The summed E-state index contributed by atoms with van der Waals surface area (Å²) in [6, 6.07) is 11.8. The quantitative estimate of drug-likeness (QED) is 0.673. The average Bonchev–Trinajstić information content (AvgIpc) is 3.05. The summed E-state index contributed by atoms with van der Waals surface area (Å²) in [4.78, 5) is 17.0. The second kappa shape index (κ2) is 7.69. The third-order valence-corrected chi connectivity index (χ3v) is 7.61. The molecule has 1 aromatic carbocycles. The second-order valence-corrected chi connectivity index (χ2v) is 9.21. The molecule has 1 aromatic heterocycles. The SMILES string of the molecule is COc1ccc(N2C(N)=C(C#N)C(c3cc(Br)c(C)s3)C3=C2CCCC3=O)cc1. The number of ketones is 1. The van der Waals surface area contributed by atoms with E-state index in [2.05, 4.69) is 22.0 Å². The highest BCUT2D eigenvalue weighted by Crippen LogP contribution is 2.48. The van der Waals surface area contributed by atoms with Crippen LogP contribution < -0.4 is 15.4 Å². The Morgan fingerprint density at radius 3 is 2.62 bits per heavy atom. The molecule has 1 aliphatic carbocycles. The first kappa shape index (κ1) is 19.7. The van der Waals surface area contributed by atoms with Crippen LogP contribution in [0.15, 0.2) is 57.5 Å². The topological polar surface area (TPSA) is 79.3 Å². The summed E-state index contributed by atoms with van der Waals surface area (Å²) < 4.78 is 6.24. The molecule has 2 aliphatic rings. The van der Waals surface area contributed by atoms with Crippen molar-refractivity contribution in [3.05, 3.63) is 67.2 Å². The Labute approximate surface area is 182 Å². The minimum atomic E-state index is -0.410. The first-order valence-electron chi connectivity index (χ1n) is 9.32. The van der Waals surface area contributed by atoms with Crippen molar-refractivity contribution >= 4 is 38.7 Å². The standard InChI is InChI=1S/C22H20BrN3O2S/c1-12-16(23)10-19(29-12)20-15(11-24)22(25)26(13-6-8-14(28-2)9-7-13)17-4-3-5-18(27)21(17)20/h6-10,20H,3-5,25H2,1-2H3. The third-order valence-electron chi connectivity index (χ3n) is 5.40. The molecule has 5 nitrogen and oxygen atoms in total. The number of nitrogens with two attached hydrogens (primary N) is 1. The fourth-order valence-corrected chi connectivity index (χ4v) is 5.70. The summed E-state index contributed by atoms with van der Waals surface area (Å²) in [7, 11) is 1.62. The lowest BCUT2D eigenvalue weighted by Gasteiger charge is -2.39. The molecule has 0 fully saturated rings. The van der Waals surface area contributed by atoms with E-state index < -0.39 is 5.92 Å². The van der Waals surface area contributed by atoms with Crippen LogP contribution in [0.3, 0.4) is 0 Å². The number of carbonyl (C=O) groups excluding carboxylic acids is 1. The predicted molar refractivity (Wildman–Crippen MR) is 118 cm³/mol. The van der Waals surface area contributed by atoms with Gasteiger partial charge in [-0.05, 0) is 66.0 Å². The van der Waals surface area contributed by atoms with Crippen molar-refractivity contribution in [1.29, 1.82) is 5.26 Å². The van der Waals surface area contributed by atoms with Crippen molar-refractivity contribution in [2.24, 2.45) is 5.73 Å². The molecule has 29 heavy (non-hydrogen) atoms. The van der Waals surface area contributed by atoms with E-state index in [0.717, 1.165) is 44.2 Å². The first-order chi connectivity index (χ1) is 14.0. The van der Waals surface area contributed by atoms with E-state index in [1.165, 1.54) is 0 Å². The van der Waals surface area contributed by atoms with Crippen molar-refractivity contribution < 1.29 is 9.53 Å². The van der Waals surface area contributed by atoms with Gasteiger partial charge >= 0.3 is 0 Å². The average molecular weight is 470 g/mol. The molecule has 2 N–H and O–H groups in total. The number of anilines is 1. The van der Waals surface area contributed by atoms with E-state index in [1.54, 1.807) is 18.4 Å². The molecule has 7 heteroatoms. The number of thiophene rings is 1. The lowest BCUT2D eigenvalue weighted by Crippen LogP contribution is -2.38. The van der Waals surface area contributed by atoms with Gasteiger partial charge in [0.05, 0.1) is 24.7 Å². The van der Waals surface area contributed by atoms with Gasteiger partial charge in [0.1, 0.15) is 11.6 Å². The number of aryl methyl sites for hydroxylation is 1. The number of methoxy groups -OCH3 is 1. The minimum absolute atomic E-state index is 0.0946. The lowest BCUT2D eigenvalue weighted by molar-refractivity contribution is -0.116. The molecule has 1 aliphatic heterocycles. The zero-order valence-corrected chi connectivity index (χ0v) is 18.6. The van der Waals surface area contributed by atoms with Gasteiger partial charge < -0.3 is 10.5 Å². The summed E-state index contributed by atoms with van der Waals surface area (Å²) in [5, 5.41) is 10.0. The second-order valence-electron chi connectivity index (χ2n) is 7.07. The Morgan fingerprint density at radius 1 is 1.31 bits per heavy atom. The maximum absolute atomic E-state index is 13.1. The zero-order chi connectivity index (χ0) is 20.7. The molecule has 4 rings (SSSR count). The van der Waals surface area contributed by atoms with Gasteiger partial charge in [-0.25, -0.2) is 0 Å². The molecule has 0 saturated heterocycles. The van der Waals surface area contributed by atoms with Gasteiger partial charge in [-0.1, -0.05) is 0 Å². The monoisotopic (exact) mass is 469 g/mol. The number of hydrogen-bond donors (Lipinski definition) is 1. The third kappa shape index (κ3) is 3.26. The molecular formula is C22H20BrN3O2S. The summed E-state index contributed by atoms with van der Waals surface area (Å²) in [6.07, 6.45) is 2.02. The normalized spacial score (nSPS) is 19.3. The summed E-state index contributed by atoms with van der Waals surface area (Å²) >= 11 is 5.15. The van der Waals surface area contributed by atoms with Crippen molar-refractivity contribution in [3.63, 3.8) is 0 Å². The molecule has 0 saturated carbocycles. The van der Waals surface area contributed by atoms with Crippen LogP contribution in [0.5, 0.6) is 5.75 Å². The van der Waals surface area contributed by atoms with Gasteiger partial charge in [-0.2, -0.15) is 5.26 Å². The number of nitrogens with zero attached hydrogens (tertiary/aromatic N) is 2. The van der Waals surface area contributed by atoms with Gasteiger partial charge in [0, 0.05) is 37.6 Å². The molecule has 0 spiro atoms. The lowest BCUT2D eigenvalue weighted by atomic mass is 9.78. The molecule has 0 bridgehead atoms. The number of Topliss-reactive ketones (excluding diaryl/α,β-unsaturated/α-hetero) is 1. The number of ether oxygens (including phenoxy) is 1. The van der Waals surface area contributed by atoms with Crippen LogP contribution in [-0.4, -0.2) is 12.9 Å². The van der Waals surface area contributed by atoms with Crippen LogP contribution >= 0.6 is 27.3 Å². The van der Waals surface area contributed by atoms with Crippen molar-refractivity contribution in [2.45, 2.75) is 32.1 Å². The highest BCUT2D eigenvalue weighted by molar-refractivity contribution is 9.10. The Balaban J connectivity index is 1.93. The Kier molecular flexibility index (Phi) is 5.24. The van der Waals surface area contributed by atoms with Crippen LogP contribution in [0.2, 0.25) is 0 Å². The zero-order valence-electron chi connectivity index (χ0n) is 16.2. The maximum atomic E-state index is 13.1. The predicted octanol–water partition coefficient (Wildman–Crippen LogP) is 5.13. The van der Waals surface area contributed by atoms with Gasteiger partial charge in [0.2, 0.25) is 0 Å². The van der Waals surface area contributed by atoms with E-state index in [-0.39, 0.29) is 5.78 Å². The van der Waals surface area contributed by atoms with E-state index in [9.17, 15) is 10.1 Å². The van der Waals surface area contributed by atoms with Gasteiger partial charge in [0.25, 0.3) is 0 Å². The van der Waals surface area contributed by atoms with Gasteiger partial charge in [-0.15, -0.1) is 11.3 Å². The number of benzene rings is 1. The van der Waals surface area contributed by atoms with Gasteiger partial charge in [0.15, 0.2) is 5.78 Å². The number of allylic oxidation sites excluding steroid dienone is 3. The molecule has 2 heterocycles. The highest BCUT2D eigenvalue weighted by atomic mass is 79.9. The van der Waals surface area contributed by atoms with E-state index >= 15 is 0 Å². The van der Waals surface area contributed by atoms with E-state index in [1.807, 2.05) is 42.2 Å². The van der Waals surface area contributed by atoms with E-state index in [0.29, 0.717) is 23.4 Å². The summed E-state index contributed by atoms with van der Waals surface area (Å²) in [5.41, 5.74) is 9.40. The smallest absolute Gasteiger partial charge is 0.161 e. The molecule has 0 radical (unpaired) electrons. The van der Waals surface area contributed by atoms with Crippen LogP contribution in [0, 0.1) is 18.3 Å². The van der Waals surface area contributed by atoms with Crippen LogP contribution in [0.1, 0.15) is 34.9 Å². The summed E-state index contributed by atoms with van der Waals surface area (Å²) in [6.45, 7) is 2.02. The Bertz CT molecular complexity index is 1070. The van der Waals surface area contributed by atoms with Crippen molar-refractivity contribution in [3.8, 4) is 11.8 Å². The Hall–Kier alpha value is -2.56. The Morgan fingerprint density at radius 2 is 2.03 bits per heavy atom. The van der Waals surface area contributed by atoms with Crippen LogP contribution in [0.4, 0.5) is 5.69 Å². The molecular weight excluding hydrogens is 450 g/mol. The molecule has 148 valence electrons.